The molecule has 0 atom stereocenters. The molecule has 436 valence electrons. The lowest BCUT2D eigenvalue weighted by Gasteiger charge is -2.14. The summed E-state index contributed by atoms with van der Waals surface area (Å²) in [6, 6.07) is 116. The van der Waals surface area contributed by atoms with Gasteiger partial charge < -0.3 is 13.7 Å². The summed E-state index contributed by atoms with van der Waals surface area (Å²) >= 11 is 3.58. The minimum Gasteiger partial charge on any atom is -0.315 e. The fourth-order valence-corrected chi connectivity index (χ4v) is 15.5. The third-order valence-corrected chi connectivity index (χ3v) is 19.7. The van der Waals surface area contributed by atoms with Crippen LogP contribution in [0.4, 0.5) is 0 Å². The number of allylic oxidation sites excluding steroid dienone is 1. The summed E-state index contributed by atoms with van der Waals surface area (Å²) in [4.78, 5) is 0. The van der Waals surface area contributed by atoms with Gasteiger partial charge in [-0.1, -0.05) is 271 Å². The second kappa shape index (κ2) is 22.4. The summed E-state index contributed by atoms with van der Waals surface area (Å²) in [5.41, 5.74) is 17.5. The maximum atomic E-state index is 3.58. The average molecular weight is 1250 g/mol. The number of hydrogen-bond acceptors (Lipinski definition) is 0. The van der Waals surface area contributed by atoms with Gasteiger partial charge in [0.25, 0.3) is 0 Å². The molecule has 3 aromatic heterocycles. The van der Waals surface area contributed by atoms with Crippen LogP contribution in [0.15, 0.2) is 338 Å². The zero-order chi connectivity index (χ0) is 61.5. The maximum Gasteiger partial charge on any atom is 0.0788 e. The molecule has 0 unspecified atom stereocenters. The Kier molecular flexibility index (Phi) is 13.1. The van der Waals surface area contributed by atoms with Crippen LogP contribution in [0.25, 0.3) is 165 Å². The van der Waals surface area contributed by atoms with Crippen LogP contribution in [0.5, 0.6) is 0 Å². The van der Waals surface area contributed by atoms with Gasteiger partial charge in [0.1, 0.15) is 0 Å². The van der Waals surface area contributed by atoms with E-state index in [-0.39, 0.29) is 0 Å². The van der Waals surface area contributed by atoms with Crippen LogP contribution in [0.2, 0.25) is 0 Å². The van der Waals surface area contributed by atoms with Crippen molar-refractivity contribution in [3.05, 3.63) is 349 Å². The van der Waals surface area contributed by atoms with Crippen molar-refractivity contribution in [3.63, 3.8) is 0 Å². The van der Waals surface area contributed by atoms with E-state index in [1.165, 1.54) is 164 Å². The number of para-hydroxylation sites is 4. The number of halogens is 1. The molecule has 16 aromatic carbocycles. The third kappa shape index (κ3) is 9.08. The first-order chi connectivity index (χ1) is 46.1. The summed E-state index contributed by atoms with van der Waals surface area (Å²) in [7, 11) is 0. The Morgan fingerprint density at radius 2 is 0.656 bits per heavy atom. The van der Waals surface area contributed by atoms with Gasteiger partial charge in [-0.2, -0.15) is 0 Å². The number of rotatable bonds is 5. The molecule has 3 heterocycles. The van der Waals surface area contributed by atoms with E-state index in [1.807, 2.05) is 0 Å². The summed E-state index contributed by atoms with van der Waals surface area (Å²) in [6.45, 7) is 0. The van der Waals surface area contributed by atoms with Gasteiger partial charge in [0.15, 0.2) is 0 Å². The van der Waals surface area contributed by atoms with Crippen LogP contribution < -0.4 is 0 Å². The van der Waals surface area contributed by atoms with Crippen molar-refractivity contribution in [2.75, 3.05) is 0 Å². The van der Waals surface area contributed by atoms with Crippen LogP contribution >= 0.6 is 15.9 Å². The standard InChI is InChI=1S/C44H28N2.C24H15Br.C21H15N/c1-2-12-32(13-3-1)46-42-20-9-8-19-39(42)40-24-21-29-25-26-45(43(29)44(40)46)33-14-10-11-30(27-33)31-22-23-38-36-17-5-4-15-34(36)35-16-6-7-18-37(35)41(38)28-31;25-18-7-5-6-16(14-18)17-12-13-23-21-10-2-1-8-19(21)20-9-3-4-11-22(20)24(23)15-17;1-2-8-16(9-3-1)22-20-12-5-4-10-18(20)19-14-13-15-7-6-11-17(15)21(19)22/h1-28H;1-15H;1-10,12-14H,11H2. The van der Waals surface area contributed by atoms with Gasteiger partial charge in [0, 0.05) is 54.7 Å². The Morgan fingerprint density at radius 3 is 1.18 bits per heavy atom. The number of aromatic nitrogens is 3. The molecule has 0 saturated heterocycles. The van der Waals surface area contributed by atoms with E-state index in [4.69, 9.17) is 0 Å². The molecular weight excluding hydrogens is 1190 g/mol. The van der Waals surface area contributed by atoms with E-state index in [1.54, 1.807) is 0 Å². The Bertz CT molecular complexity index is 6150. The summed E-state index contributed by atoms with van der Waals surface area (Å²) < 4.78 is 8.31. The van der Waals surface area contributed by atoms with Crippen LogP contribution in [0, 0.1) is 0 Å². The van der Waals surface area contributed by atoms with E-state index in [2.05, 4.69) is 369 Å². The fourth-order valence-electron chi connectivity index (χ4n) is 15.1. The number of nitrogens with zero attached hydrogens (tertiary/aromatic N) is 3. The first kappa shape index (κ1) is 54.4. The highest BCUT2D eigenvalue weighted by Crippen LogP contribution is 2.43. The summed E-state index contributed by atoms with van der Waals surface area (Å²) in [5, 5.41) is 22.1. The molecule has 0 spiro atoms. The van der Waals surface area contributed by atoms with E-state index < -0.39 is 0 Å². The fraction of sp³-hybridized carbons (Fsp3) is 0.0112. The van der Waals surface area contributed by atoms with E-state index in [9.17, 15) is 0 Å². The molecule has 20 rings (SSSR count). The molecule has 0 bridgehead atoms. The normalized spacial score (nSPS) is 12.1. The molecule has 1 aliphatic carbocycles. The van der Waals surface area contributed by atoms with Gasteiger partial charge in [0.2, 0.25) is 0 Å². The molecule has 93 heavy (non-hydrogen) atoms. The van der Waals surface area contributed by atoms with E-state index >= 15 is 0 Å². The maximum absolute atomic E-state index is 3.58. The quantitative estimate of drug-likeness (QED) is 0.153. The lowest BCUT2D eigenvalue weighted by Crippen LogP contribution is -1.98. The second-order valence-electron chi connectivity index (χ2n) is 24.4. The first-order valence-electron chi connectivity index (χ1n) is 32.0. The molecule has 0 aliphatic heterocycles. The van der Waals surface area contributed by atoms with Crippen molar-refractivity contribution in [3.8, 4) is 39.3 Å². The number of hydrogen-bond donors (Lipinski definition) is 0. The molecule has 0 radical (unpaired) electrons. The van der Waals surface area contributed by atoms with Crippen molar-refractivity contribution < 1.29 is 0 Å². The minimum atomic E-state index is 1.02. The van der Waals surface area contributed by atoms with Gasteiger partial charge in [-0.15, -0.1) is 0 Å². The van der Waals surface area contributed by atoms with Gasteiger partial charge >= 0.3 is 0 Å². The van der Waals surface area contributed by atoms with Gasteiger partial charge in [-0.25, -0.2) is 0 Å². The lowest BCUT2D eigenvalue weighted by molar-refractivity contribution is 1.12. The Morgan fingerprint density at radius 1 is 0.258 bits per heavy atom. The Labute approximate surface area is 546 Å². The highest BCUT2D eigenvalue weighted by atomic mass is 79.9. The molecule has 1 aliphatic rings. The molecule has 4 heteroatoms. The summed E-state index contributed by atoms with van der Waals surface area (Å²) in [6.07, 6.45) is 7.74. The van der Waals surface area contributed by atoms with Crippen molar-refractivity contribution >= 4 is 141 Å². The molecule has 0 fully saturated rings. The van der Waals surface area contributed by atoms with Crippen LogP contribution in [-0.4, -0.2) is 13.7 Å². The topological polar surface area (TPSA) is 14.8 Å². The Hall–Kier alpha value is -11.6. The lowest BCUT2D eigenvalue weighted by atomic mass is 9.92. The highest BCUT2D eigenvalue weighted by Gasteiger charge is 2.21. The predicted molar refractivity (Wildman–Crippen MR) is 401 cm³/mol. The van der Waals surface area contributed by atoms with Gasteiger partial charge in [-0.3, -0.25) is 0 Å². The zero-order valence-corrected chi connectivity index (χ0v) is 52.3. The largest absolute Gasteiger partial charge is 0.315 e. The molecule has 0 N–H and O–H groups in total. The van der Waals surface area contributed by atoms with E-state index in [0.717, 1.165) is 16.6 Å². The monoisotopic (exact) mass is 1250 g/mol. The molecule has 3 nitrogen and oxygen atoms in total. The average Bonchev–Trinajstić information content (AvgIpc) is 1.70. The van der Waals surface area contributed by atoms with Gasteiger partial charge in [0.05, 0.1) is 27.6 Å². The molecular formula is C89H58BrN3. The minimum absolute atomic E-state index is 1.02. The van der Waals surface area contributed by atoms with Crippen molar-refractivity contribution in [2.24, 2.45) is 0 Å². The van der Waals surface area contributed by atoms with Crippen LogP contribution in [-0.2, 0) is 6.42 Å². The third-order valence-electron chi connectivity index (χ3n) is 19.2. The highest BCUT2D eigenvalue weighted by molar-refractivity contribution is 9.10. The Balaban J connectivity index is 0.000000114. The van der Waals surface area contributed by atoms with Crippen molar-refractivity contribution in [1.82, 2.24) is 13.7 Å². The smallest absolute Gasteiger partial charge is 0.0788 e. The summed E-state index contributed by atoms with van der Waals surface area (Å²) in [5.74, 6) is 0. The van der Waals surface area contributed by atoms with E-state index in [0.29, 0.717) is 0 Å². The number of benzene rings is 16. The second-order valence-corrected chi connectivity index (χ2v) is 25.3. The first-order valence-corrected chi connectivity index (χ1v) is 32.8. The molecule has 19 aromatic rings. The van der Waals surface area contributed by atoms with Crippen LogP contribution in [0.3, 0.4) is 0 Å². The van der Waals surface area contributed by atoms with Crippen molar-refractivity contribution in [2.45, 2.75) is 6.42 Å². The van der Waals surface area contributed by atoms with Crippen LogP contribution in [0.1, 0.15) is 11.1 Å². The predicted octanol–water partition coefficient (Wildman–Crippen LogP) is 24.8. The molecule has 0 saturated carbocycles. The molecule has 0 amide bonds. The van der Waals surface area contributed by atoms with Gasteiger partial charge in [-0.05, 0) is 183 Å². The zero-order valence-electron chi connectivity index (χ0n) is 50.8. The number of fused-ring (bicyclic) bond motifs is 22. The van der Waals surface area contributed by atoms with Crippen molar-refractivity contribution in [1.29, 1.82) is 0 Å². The SMILES string of the molecule is Brc1cccc(-c2ccc3c4ccccc4c4ccccc4c3c2)c1.C1=Cc2ccc3c4ccccc4n(-c4ccccc4)c3c2C1.c1ccc(-n2c3ccccc3c3ccc4ccn(-c5cccc(-c6ccc7c8ccccc8c8ccccc8c7c6)c5)c4c32)cc1.